The van der Waals surface area contributed by atoms with E-state index in [-0.39, 0.29) is 24.8 Å². The Labute approximate surface area is 97.6 Å². The Morgan fingerprint density at radius 2 is 2.12 bits per heavy atom. The molecule has 0 aliphatic heterocycles. The monoisotopic (exact) mass is 243 g/mol. The van der Waals surface area contributed by atoms with E-state index in [2.05, 4.69) is 10.1 Å². The molecule has 17 heavy (non-hydrogen) atoms. The third-order valence-corrected chi connectivity index (χ3v) is 3.64. The van der Waals surface area contributed by atoms with Gasteiger partial charge in [0.1, 0.15) is 0 Å². The van der Waals surface area contributed by atoms with Gasteiger partial charge in [0, 0.05) is 18.8 Å². The first-order valence-corrected chi connectivity index (χ1v) is 6.02. The van der Waals surface area contributed by atoms with Crippen LogP contribution in [0.3, 0.4) is 0 Å². The summed E-state index contributed by atoms with van der Waals surface area (Å²) in [5.41, 5.74) is 5.93. The zero-order valence-corrected chi connectivity index (χ0v) is 9.40. The highest BCUT2D eigenvalue weighted by Gasteiger charge is 2.42. The average Bonchev–Trinajstić information content (AvgIpc) is 2.89. The second-order valence-corrected chi connectivity index (χ2v) is 5.15. The van der Waals surface area contributed by atoms with E-state index in [1.54, 1.807) is 0 Å². The molecule has 0 bridgehead atoms. The summed E-state index contributed by atoms with van der Waals surface area (Å²) in [6, 6.07) is -0.200. The van der Waals surface area contributed by atoms with Crippen LogP contribution in [0.5, 0.6) is 0 Å². The summed E-state index contributed by atoms with van der Waals surface area (Å²) in [4.78, 5) is 4.18. The number of nitrogens with two attached hydrogens (primary N) is 1. The lowest BCUT2D eigenvalue weighted by Gasteiger charge is -2.06. The number of hydrogen-bond donors (Lipinski definition) is 1. The molecular weight excluding hydrogens is 228 g/mol. The first kappa shape index (κ1) is 11.1. The van der Waals surface area contributed by atoms with Crippen LogP contribution in [-0.2, 0) is 0 Å². The number of rotatable bonds is 3. The Hall–Kier alpha value is -1.04. The van der Waals surface area contributed by atoms with E-state index in [0.29, 0.717) is 24.1 Å². The van der Waals surface area contributed by atoms with Crippen molar-refractivity contribution in [3.05, 3.63) is 11.7 Å². The van der Waals surface area contributed by atoms with E-state index in [9.17, 15) is 8.78 Å². The maximum atomic E-state index is 13.1. The zero-order chi connectivity index (χ0) is 12.0. The van der Waals surface area contributed by atoms with Crippen molar-refractivity contribution in [2.24, 2.45) is 11.7 Å². The summed E-state index contributed by atoms with van der Waals surface area (Å²) in [6.45, 7) is 0. The molecule has 1 heterocycles. The van der Waals surface area contributed by atoms with E-state index in [0.717, 1.165) is 12.8 Å². The number of nitrogens with zero attached hydrogens (tertiary/aromatic N) is 2. The molecule has 0 aromatic carbocycles. The van der Waals surface area contributed by atoms with Gasteiger partial charge in [-0.15, -0.1) is 0 Å². The van der Waals surface area contributed by atoms with E-state index in [1.807, 2.05) is 0 Å². The highest BCUT2D eigenvalue weighted by atomic mass is 19.3. The van der Waals surface area contributed by atoms with Gasteiger partial charge in [0.05, 0.1) is 6.04 Å². The van der Waals surface area contributed by atoms with Crippen LogP contribution in [0.15, 0.2) is 4.52 Å². The molecule has 1 aromatic heterocycles. The van der Waals surface area contributed by atoms with Gasteiger partial charge in [-0.1, -0.05) is 5.16 Å². The first-order valence-electron chi connectivity index (χ1n) is 6.02. The largest absolute Gasteiger partial charge is 0.339 e. The van der Waals surface area contributed by atoms with Crippen molar-refractivity contribution >= 4 is 0 Å². The van der Waals surface area contributed by atoms with Crippen LogP contribution in [0.4, 0.5) is 8.78 Å². The van der Waals surface area contributed by atoms with Gasteiger partial charge in [-0.3, -0.25) is 0 Å². The number of halogens is 2. The quantitative estimate of drug-likeness (QED) is 0.885. The molecular formula is C11H15F2N3O. The van der Waals surface area contributed by atoms with Crippen molar-refractivity contribution in [2.45, 2.75) is 50.0 Å². The standard InChI is InChI=1S/C11H15F2N3O/c12-11(13)4-3-7(5-11)10-15-9(16-17-10)8(14)6-1-2-6/h6-8H,1-5,14H2. The van der Waals surface area contributed by atoms with Gasteiger partial charge in [0.2, 0.25) is 11.8 Å². The maximum absolute atomic E-state index is 13.1. The minimum Gasteiger partial charge on any atom is -0.339 e. The van der Waals surface area contributed by atoms with Crippen molar-refractivity contribution in [1.82, 2.24) is 10.1 Å². The van der Waals surface area contributed by atoms with Gasteiger partial charge in [-0.25, -0.2) is 8.78 Å². The van der Waals surface area contributed by atoms with Crippen LogP contribution < -0.4 is 5.73 Å². The fraction of sp³-hybridized carbons (Fsp3) is 0.818. The van der Waals surface area contributed by atoms with Crippen molar-refractivity contribution < 1.29 is 13.3 Å². The van der Waals surface area contributed by atoms with Crippen LogP contribution in [0.2, 0.25) is 0 Å². The number of alkyl halides is 2. The lowest BCUT2D eigenvalue weighted by atomic mass is 10.1. The van der Waals surface area contributed by atoms with Crippen molar-refractivity contribution in [2.75, 3.05) is 0 Å². The molecule has 0 saturated heterocycles. The summed E-state index contributed by atoms with van der Waals surface area (Å²) in [7, 11) is 0. The van der Waals surface area contributed by atoms with E-state index < -0.39 is 5.92 Å². The topological polar surface area (TPSA) is 64.9 Å². The molecule has 94 valence electrons. The number of aromatic nitrogens is 2. The third kappa shape index (κ3) is 2.18. The molecule has 2 atom stereocenters. The van der Waals surface area contributed by atoms with Crippen LogP contribution >= 0.6 is 0 Å². The molecule has 2 aliphatic carbocycles. The smallest absolute Gasteiger partial charge is 0.248 e. The highest BCUT2D eigenvalue weighted by molar-refractivity contribution is 5.04. The molecule has 0 spiro atoms. The minimum absolute atomic E-state index is 0.0932. The number of hydrogen-bond acceptors (Lipinski definition) is 4. The zero-order valence-electron chi connectivity index (χ0n) is 9.40. The Kier molecular flexibility index (Phi) is 2.43. The molecule has 2 unspecified atom stereocenters. The Bertz CT molecular complexity index is 417. The molecule has 0 radical (unpaired) electrons. The van der Waals surface area contributed by atoms with Gasteiger partial charge in [0.15, 0.2) is 5.82 Å². The van der Waals surface area contributed by atoms with Crippen LogP contribution in [0, 0.1) is 5.92 Å². The predicted octanol–water partition coefficient (Wildman–Crippen LogP) is 2.38. The van der Waals surface area contributed by atoms with E-state index >= 15 is 0 Å². The molecule has 2 saturated carbocycles. The highest BCUT2D eigenvalue weighted by Crippen LogP contribution is 2.44. The fourth-order valence-electron chi connectivity index (χ4n) is 2.38. The lowest BCUT2D eigenvalue weighted by molar-refractivity contribution is 0.00690. The lowest BCUT2D eigenvalue weighted by Crippen LogP contribution is -2.14. The molecule has 2 N–H and O–H groups in total. The normalized spacial score (nSPS) is 29.5. The Morgan fingerprint density at radius 1 is 1.35 bits per heavy atom. The predicted molar refractivity (Wildman–Crippen MR) is 55.5 cm³/mol. The summed E-state index contributed by atoms with van der Waals surface area (Å²) < 4.78 is 31.2. The molecule has 2 fully saturated rings. The summed E-state index contributed by atoms with van der Waals surface area (Å²) in [5.74, 6) is -1.66. The Morgan fingerprint density at radius 3 is 2.71 bits per heavy atom. The van der Waals surface area contributed by atoms with Crippen LogP contribution in [0.25, 0.3) is 0 Å². The maximum Gasteiger partial charge on any atom is 0.248 e. The SMILES string of the molecule is NC(c1noc(C2CCC(F)(F)C2)n1)C1CC1. The summed E-state index contributed by atoms with van der Waals surface area (Å²) in [6.07, 6.45) is 2.31. The fourth-order valence-corrected chi connectivity index (χ4v) is 2.38. The van der Waals surface area contributed by atoms with Gasteiger partial charge >= 0.3 is 0 Å². The Balaban J connectivity index is 1.72. The van der Waals surface area contributed by atoms with E-state index in [4.69, 9.17) is 10.3 Å². The summed E-state index contributed by atoms with van der Waals surface area (Å²) >= 11 is 0. The van der Waals surface area contributed by atoms with Crippen LogP contribution in [0.1, 0.15) is 55.8 Å². The van der Waals surface area contributed by atoms with E-state index in [1.165, 1.54) is 0 Å². The van der Waals surface area contributed by atoms with Gasteiger partial charge < -0.3 is 10.3 Å². The van der Waals surface area contributed by atoms with Gasteiger partial charge in [-0.2, -0.15) is 4.98 Å². The third-order valence-electron chi connectivity index (χ3n) is 3.64. The van der Waals surface area contributed by atoms with Gasteiger partial charge in [-0.05, 0) is 25.2 Å². The van der Waals surface area contributed by atoms with Crippen molar-refractivity contribution in [3.63, 3.8) is 0 Å². The molecule has 0 amide bonds. The second kappa shape index (κ2) is 3.73. The second-order valence-electron chi connectivity index (χ2n) is 5.15. The van der Waals surface area contributed by atoms with Gasteiger partial charge in [0.25, 0.3) is 0 Å². The minimum atomic E-state index is -2.59. The molecule has 6 heteroatoms. The van der Waals surface area contributed by atoms with Crippen LogP contribution in [-0.4, -0.2) is 16.1 Å². The summed E-state index contributed by atoms with van der Waals surface area (Å²) in [5, 5.41) is 3.81. The molecule has 4 nitrogen and oxygen atoms in total. The molecule has 1 aromatic rings. The van der Waals surface area contributed by atoms with Crippen molar-refractivity contribution in [3.8, 4) is 0 Å². The molecule has 3 rings (SSSR count). The average molecular weight is 243 g/mol. The van der Waals surface area contributed by atoms with Crippen molar-refractivity contribution in [1.29, 1.82) is 0 Å². The first-order chi connectivity index (χ1) is 8.05. The molecule has 2 aliphatic rings.